The van der Waals surface area contributed by atoms with E-state index in [9.17, 15) is 9.18 Å². The van der Waals surface area contributed by atoms with Crippen LogP contribution < -0.4 is 5.32 Å². The molecule has 1 aromatic heterocycles. The fraction of sp³-hybridized carbons (Fsp3) is 0.120. The summed E-state index contributed by atoms with van der Waals surface area (Å²) in [6.45, 7) is 1.83. The molecule has 1 N–H and O–H groups in total. The number of pyridine rings is 1. The predicted molar refractivity (Wildman–Crippen MR) is 113 cm³/mol. The second-order valence-electron chi connectivity index (χ2n) is 7.10. The standard InChI is InChI=1S/C25H21FN2O/c1-17-14-22(21-16-20(26)12-13-23(21)27-17)25(29)28-24(19-10-6-3-7-11-19)15-18-8-4-2-5-9-18/h2-14,16,24H,15H2,1H3,(H,28,29)/t24-/m1/s1. The van der Waals surface area contributed by atoms with E-state index in [0.29, 0.717) is 28.6 Å². The minimum absolute atomic E-state index is 0.205. The quantitative estimate of drug-likeness (QED) is 0.501. The molecule has 1 heterocycles. The van der Waals surface area contributed by atoms with Crippen LogP contribution in [0, 0.1) is 12.7 Å². The molecule has 0 saturated carbocycles. The van der Waals surface area contributed by atoms with Gasteiger partial charge in [0.2, 0.25) is 0 Å². The third-order valence-corrected chi connectivity index (χ3v) is 4.93. The van der Waals surface area contributed by atoms with E-state index >= 15 is 0 Å². The van der Waals surface area contributed by atoms with Crippen molar-refractivity contribution >= 4 is 16.8 Å². The molecule has 0 spiro atoms. The van der Waals surface area contributed by atoms with Crippen molar-refractivity contribution in [1.29, 1.82) is 0 Å². The van der Waals surface area contributed by atoms with Gasteiger partial charge in [0, 0.05) is 11.1 Å². The lowest BCUT2D eigenvalue weighted by Gasteiger charge is -2.20. The number of fused-ring (bicyclic) bond motifs is 1. The number of carbonyl (C=O) groups excluding carboxylic acids is 1. The van der Waals surface area contributed by atoms with Crippen LogP contribution in [0.25, 0.3) is 10.9 Å². The Morgan fingerprint density at radius 2 is 1.66 bits per heavy atom. The lowest BCUT2D eigenvalue weighted by molar-refractivity contribution is 0.0938. The van der Waals surface area contributed by atoms with Crippen LogP contribution in [-0.2, 0) is 6.42 Å². The van der Waals surface area contributed by atoms with Gasteiger partial charge in [-0.3, -0.25) is 9.78 Å². The SMILES string of the molecule is Cc1cc(C(=O)N[C@H](Cc2ccccc2)c2ccccc2)c2cc(F)ccc2n1. The largest absolute Gasteiger partial charge is 0.345 e. The molecule has 0 saturated heterocycles. The van der Waals surface area contributed by atoms with E-state index in [1.54, 1.807) is 12.1 Å². The molecule has 4 aromatic rings. The minimum atomic E-state index is -0.388. The first kappa shape index (κ1) is 18.8. The van der Waals surface area contributed by atoms with Gasteiger partial charge in [-0.1, -0.05) is 60.7 Å². The first-order chi connectivity index (χ1) is 14.1. The van der Waals surface area contributed by atoms with Crippen LogP contribution in [0.1, 0.15) is 33.2 Å². The molecule has 0 bridgehead atoms. The van der Waals surface area contributed by atoms with Crippen molar-refractivity contribution in [1.82, 2.24) is 10.3 Å². The average molecular weight is 384 g/mol. The van der Waals surface area contributed by atoms with Crippen molar-refractivity contribution in [2.45, 2.75) is 19.4 Å². The molecule has 0 fully saturated rings. The van der Waals surface area contributed by atoms with Crippen LogP contribution in [0.15, 0.2) is 84.9 Å². The lowest BCUT2D eigenvalue weighted by atomic mass is 9.98. The molecule has 1 amide bonds. The summed E-state index contributed by atoms with van der Waals surface area (Å²) in [6, 6.07) is 25.8. The number of carbonyl (C=O) groups is 1. The molecular weight excluding hydrogens is 363 g/mol. The molecule has 0 radical (unpaired) electrons. The summed E-state index contributed by atoms with van der Waals surface area (Å²) in [5.74, 6) is -0.628. The van der Waals surface area contributed by atoms with Crippen molar-refractivity contribution in [3.05, 3.63) is 113 Å². The van der Waals surface area contributed by atoms with Gasteiger partial charge in [0.25, 0.3) is 5.91 Å². The van der Waals surface area contributed by atoms with E-state index in [1.807, 2.05) is 67.6 Å². The Bertz CT molecular complexity index is 1140. The molecule has 0 aliphatic rings. The maximum atomic E-state index is 13.8. The Kier molecular flexibility index (Phi) is 5.34. The molecular formula is C25H21FN2O. The highest BCUT2D eigenvalue weighted by atomic mass is 19.1. The first-order valence-corrected chi connectivity index (χ1v) is 9.57. The van der Waals surface area contributed by atoms with Crippen LogP contribution in [0.2, 0.25) is 0 Å². The smallest absolute Gasteiger partial charge is 0.252 e. The van der Waals surface area contributed by atoms with E-state index in [2.05, 4.69) is 10.3 Å². The molecule has 0 unspecified atom stereocenters. The number of hydrogen-bond donors (Lipinski definition) is 1. The van der Waals surface area contributed by atoms with Gasteiger partial charge in [-0.2, -0.15) is 0 Å². The molecule has 4 heteroatoms. The molecule has 0 aliphatic carbocycles. The predicted octanol–water partition coefficient (Wildman–Crippen LogP) is 5.40. The van der Waals surface area contributed by atoms with Crippen molar-refractivity contribution in [3.8, 4) is 0 Å². The van der Waals surface area contributed by atoms with Gasteiger partial charge in [-0.15, -0.1) is 0 Å². The number of amides is 1. The van der Waals surface area contributed by atoms with E-state index in [0.717, 1.165) is 11.1 Å². The minimum Gasteiger partial charge on any atom is -0.345 e. The van der Waals surface area contributed by atoms with Gasteiger partial charge in [0.05, 0.1) is 17.1 Å². The molecule has 4 rings (SSSR count). The van der Waals surface area contributed by atoms with Crippen molar-refractivity contribution in [3.63, 3.8) is 0 Å². The molecule has 3 aromatic carbocycles. The second kappa shape index (κ2) is 8.23. The molecule has 0 aliphatic heterocycles. The number of halogens is 1. The fourth-order valence-corrected chi connectivity index (χ4v) is 3.54. The maximum absolute atomic E-state index is 13.8. The van der Waals surface area contributed by atoms with Gasteiger partial charge < -0.3 is 5.32 Å². The number of nitrogens with one attached hydrogen (secondary N) is 1. The zero-order valence-corrected chi connectivity index (χ0v) is 16.1. The number of nitrogens with zero attached hydrogens (tertiary/aromatic N) is 1. The highest BCUT2D eigenvalue weighted by molar-refractivity contribution is 6.06. The molecule has 1 atom stereocenters. The summed E-state index contributed by atoms with van der Waals surface area (Å²) in [5.41, 5.74) is 3.90. The Balaban J connectivity index is 1.70. The Morgan fingerprint density at radius 3 is 2.38 bits per heavy atom. The number of hydrogen-bond acceptors (Lipinski definition) is 2. The van der Waals surface area contributed by atoms with Crippen molar-refractivity contribution in [2.75, 3.05) is 0 Å². The third kappa shape index (κ3) is 4.32. The Morgan fingerprint density at radius 1 is 0.966 bits per heavy atom. The third-order valence-electron chi connectivity index (χ3n) is 4.93. The maximum Gasteiger partial charge on any atom is 0.252 e. The summed E-state index contributed by atoms with van der Waals surface area (Å²) in [6.07, 6.45) is 0.660. The van der Waals surface area contributed by atoms with E-state index in [-0.39, 0.29) is 17.8 Å². The number of aryl methyl sites for hydroxylation is 1. The first-order valence-electron chi connectivity index (χ1n) is 9.57. The van der Waals surface area contributed by atoms with Gasteiger partial charge in [0.15, 0.2) is 0 Å². The lowest BCUT2D eigenvalue weighted by Crippen LogP contribution is -2.30. The Hall–Kier alpha value is -3.53. The summed E-state index contributed by atoms with van der Waals surface area (Å²) >= 11 is 0. The van der Waals surface area contributed by atoms with E-state index in [4.69, 9.17) is 0 Å². The summed E-state index contributed by atoms with van der Waals surface area (Å²) in [7, 11) is 0. The zero-order chi connectivity index (χ0) is 20.2. The molecule has 3 nitrogen and oxygen atoms in total. The fourth-order valence-electron chi connectivity index (χ4n) is 3.54. The zero-order valence-electron chi connectivity index (χ0n) is 16.1. The summed E-state index contributed by atoms with van der Waals surface area (Å²) < 4.78 is 13.8. The van der Waals surface area contributed by atoms with Gasteiger partial charge in [-0.25, -0.2) is 4.39 Å². The van der Waals surface area contributed by atoms with Crippen LogP contribution >= 0.6 is 0 Å². The average Bonchev–Trinajstić information content (AvgIpc) is 2.74. The van der Waals surface area contributed by atoms with E-state index < -0.39 is 0 Å². The van der Waals surface area contributed by atoms with Crippen LogP contribution in [-0.4, -0.2) is 10.9 Å². The molecule has 29 heavy (non-hydrogen) atoms. The Labute approximate surface area is 169 Å². The van der Waals surface area contributed by atoms with Gasteiger partial charge >= 0.3 is 0 Å². The highest BCUT2D eigenvalue weighted by Gasteiger charge is 2.19. The van der Waals surface area contributed by atoms with Gasteiger partial charge in [-0.05, 0) is 48.7 Å². The normalized spacial score (nSPS) is 11.9. The van der Waals surface area contributed by atoms with Crippen LogP contribution in [0.3, 0.4) is 0 Å². The number of aromatic nitrogens is 1. The van der Waals surface area contributed by atoms with E-state index in [1.165, 1.54) is 12.1 Å². The highest BCUT2D eigenvalue weighted by Crippen LogP contribution is 2.23. The van der Waals surface area contributed by atoms with Crippen molar-refractivity contribution in [2.24, 2.45) is 0 Å². The number of rotatable bonds is 5. The summed E-state index contributed by atoms with van der Waals surface area (Å²) in [5, 5.41) is 3.66. The second-order valence-corrected chi connectivity index (χ2v) is 7.10. The van der Waals surface area contributed by atoms with Crippen LogP contribution in [0.4, 0.5) is 4.39 Å². The topological polar surface area (TPSA) is 42.0 Å². The van der Waals surface area contributed by atoms with Crippen LogP contribution in [0.5, 0.6) is 0 Å². The number of benzene rings is 3. The monoisotopic (exact) mass is 384 g/mol. The summed E-state index contributed by atoms with van der Waals surface area (Å²) in [4.78, 5) is 17.7. The molecule has 144 valence electrons. The van der Waals surface area contributed by atoms with Crippen molar-refractivity contribution < 1.29 is 9.18 Å². The van der Waals surface area contributed by atoms with Gasteiger partial charge in [0.1, 0.15) is 5.82 Å².